The maximum atomic E-state index is 2.43. The number of hydrogen-bond acceptors (Lipinski definition) is 1. The molecule has 0 aliphatic heterocycles. The molecule has 0 nitrogen and oxygen atoms in total. The summed E-state index contributed by atoms with van der Waals surface area (Å²) in [5.41, 5.74) is 0. The van der Waals surface area contributed by atoms with Gasteiger partial charge in [0, 0.05) is 0 Å². The molecule has 0 unspecified atom stereocenters. The normalized spacial score (nSPS) is 11.6. The van der Waals surface area contributed by atoms with Gasteiger partial charge >= 0.3 is 150 Å². The van der Waals surface area contributed by atoms with E-state index >= 15 is 0 Å². The molecule has 0 saturated heterocycles. The molecule has 0 aliphatic rings. The number of hydrogen-bond donors (Lipinski definition) is 0. The van der Waals surface area contributed by atoms with Crippen LogP contribution in [0.2, 0.25) is 0 Å². The average molecular weight is 424 g/mol. The minimum absolute atomic E-state index is 0.219. The van der Waals surface area contributed by atoms with Crippen LogP contribution in [0.4, 0.5) is 0 Å². The van der Waals surface area contributed by atoms with Crippen LogP contribution in [0.5, 0.6) is 0 Å². The van der Waals surface area contributed by atoms with Crippen molar-refractivity contribution in [2.45, 2.75) is 43.9 Å². The number of unbranched alkanes of at least 4 members (excludes halogenated alkanes) is 3. The van der Waals surface area contributed by atoms with Crippen LogP contribution in [0.1, 0.15) is 39.0 Å². The van der Waals surface area contributed by atoms with Crippen molar-refractivity contribution in [1.29, 1.82) is 0 Å². The Morgan fingerprint density at radius 2 is 1.59 bits per heavy atom. The quantitative estimate of drug-likeness (QED) is 0.286. The first kappa shape index (κ1) is 17.7. The van der Waals surface area contributed by atoms with Gasteiger partial charge in [-0.05, 0) is 0 Å². The standard InChI is InChI=1S/C20H24STe/c1-2-3-4-9-16-20(22-19-14-10-6-11-15-19)17-21-18-12-7-5-8-13-18/h5-8,10-15,17H,2-4,9,16H2,1H3/b20-17-. The first-order chi connectivity index (χ1) is 10.9. The SMILES string of the molecule is CCCCCC/C(=C/Sc1ccccc1)[Te]c1ccccc1. The molecule has 0 aliphatic carbocycles. The van der Waals surface area contributed by atoms with Gasteiger partial charge in [-0.3, -0.25) is 0 Å². The zero-order valence-electron chi connectivity index (χ0n) is 13.2. The van der Waals surface area contributed by atoms with Gasteiger partial charge in [0.1, 0.15) is 0 Å². The molecule has 0 bridgehead atoms. The fourth-order valence-corrected chi connectivity index (χ4v) is 6.11. The van der Waals surface area contributed by atoms with E-state index in [0.29, 0.717) is 0 Å². The van der Waals surface area contributed by atoms with Gasteiger partial charge < -0.3 is 0 Å². The third-order valence-corrected chi connectivity index (χ3v) is 7.87. The zero-order chi connectivity index (χ0) is 15.5. The number of rotatable bonds is 9. The predicted octanol–water partition coefficient (Wildman–Crippen LogP) is 5.62. The van der Waals surface area contributed by atoms with Gasteiger partial charge in [0.15, 0.2) is 0 Å². The van der Waals surface area contributed by atoms with Crippen LogP contribution in [-0.2, 0) is 0 Å². The van der Waals surface area contributed by atoms with Gasteiger partial charge in [-0.2, -0.15) is 0 Å². The van der Waals surface area contributed by atoms with E-state index < -0.39 is 0 Å². The summed E-state index contributed by atoms with van der Waals surface area (Å²) in [4.78, 5) is 1.34. The van der Waals surface area contributed by atoms with E-state index in [1.165, 1.54) is 37.0 Å². The van der Waals surface area contributed by atoms with E-state index in [0.717, 1.165) is 0 Å². The second kappa shape index (κ2) is 10.9. The molecule has 0 heterocycles. The molecule has 0 amide bonds. The van der Waals surface area contributed by atoms with Crippen LogP contribution in [-0.4, -0.2) is 20.9 Å². The van der Waals surface area contributed by atoms with Gasteiger partial charge in [0.25, 0.3) is 0 Å². The van der Waals surface area contributed by atoms with E-state index in [2.05, 4.69) is 73.0 Å². The molecule has 2 aromatic carbocycles. The third-order valence-electron chi connectivity index (χ3n) is 3.34. The van der Waals surface area contributed by atoms with Gasteiger partial charge in [-0.15, -0.1) is 0 Å². The predicted molar refractivity (Wildman–Crippen MR) is 101 cm³/mol. The van der Waals surface area contributed by atoms with Crippen molar-refractivity contribution in [3.8, 4) is 0 Å². The van der Waals surface area contributed by atoms with Crippen LogP contribution in [0.15, 0.2) is 74.6 Å². The van der Waals surface area contributed by atoms with Crippen molar-refractivity contribution in [1.82, 2.24) is 0 Å². The molecule has 2 heteroatoms. The first-order valence-electron chi connectivity index (χ1n) is 8.02. The average Bonchev–Trinajstić information content (AvgIpc) is 2.58. The summed E-state index contributed by atoms with van der Waals surface area (Å²) in [6, 6.07) is 21.7. The van der Waals surface area contributed by atoms with Crippen molar-refractivity contribution in [2.75, 3.05) is 0 Å². The Hall–Kier alpha value is -0.680. The molecule has 116 valence electrons. The van der Waals surface area contributed by atoms with Crippen molar-refractivity contribution < 1.29 is 0 Å². The van der Waals surface area contributed by atoms with Crippen molar-refractivity contribution >= 4 is 36.3 Å². The summed E-state index contributed by atoms with van der Waals surface area (Å²) in [6.07, 6.45) is 6.66. The van der Waals surface area contributed by atoms with Gasteiger partial charge in [0.05, 0.1) is 0 Å². The molecule has 0 fully saturated rings. The fourth-order valence-electron chi connectivity index (χ4n) is 2.13. The van der Waals surface area contributed by atoms with Gasteiger partial charge in [-0.1, -0.05) is 0 Å². The van der Waals surface area contributed by atoms with Crippen LogP contribution in [0, 0.1) is 0 Å². The van der Waals surface area contributed by atoms with Gasteiger partial charge in [0.2, 0.25) is 0 Å². The second-order valence-corrected chi connectivity index (χ2v) is 9.61. The number of allylic oxidation sites excluding steroid dienone is 1. The second-order valence-electron chi connectivity index (χ2n) is 5.24. The molecule has 0 aromatic heterocycles. The molecular weight excluding hydrogens is 400 g/mol. The van der Waals surface area contributed by atoms with Crippen LogP contribution < -0.4 is 3.61 Å². The summed E-state index contributed by atoms with van der Waals surface area (Å²) in [6.45, 7) is 2.28. The summed E-state index contributed by atoms with van der Waals surface area (Å²) in [5.74, 6) is 0. The Morgan fingerprint density at radius 1 is 0.909 bits per heavy atom. The summed E-state index contributed by atoms with van der Waals surface area (Å²) in [5, 5.41) is 2.43. The van der Waals surface area contributed by atoms with E-state index in [4.69, 9.17) is 0 Å². The zero-order valence-corrected chi connectivity index (χ0v) is 16.3. The number of benzene rings is 2. The Kier molecular flexibility index (Phi) is 8.79. The molecule has 2 aromatic rings. The Labute approximate surface area is 149 Å². The molecule has 22 heavy (non-hydrogen) atoms. The number of thioether (sulfide) groups is 1. The summed E-state index contributed by atoms with van der Waals surface area (Å²) < 4.78 is 3.23. The maximum absolute atomic E-state index is 2.43. The Balaban J connectivity index is 1.97. The minimum atomic E-state index is -0.219. The van der Waals surface area contributed by atoms with Crippen molar-refractivity contribution in [3.05, 3.63) is 69.7 Å². The van der Waals surface area contributed by atoms with E-state index in [9.17, 15) is 0 Å². The van der Waals surface area contributed by atoms with Gasteiger partial charge in [-0.25, -0.2) is 0 Å². The molecule has 0 spiro atoms. The van der Waals surface area contributed by atoms with E-state index in [1.54, 1.807) is 7.23 Å². The van der Waals surface area contributed by atoms with E-state index in [1.807, 2.05) is 11.8 Å². The van der Waals surface area contributed by atoms with Crippen LogP contribution in [0.3, 0.4) is 0 Å². The molecular formula is C20H24STe. The van der Waals surface area contributed by atoms with Crippen molar-refractivity contribution in [3.63, 3.8) is 0 Å². The monoisotopic (exact) mass is 426 g/mol. The molecule has 0 saturated carbocycles. The van der Waals surface area contributed by atoms with Crippen molar-refractivity contribution in [2.24, 2.45) is 0 Å². The third kappa shape index (κ3) is 7.05. The van der Waals surface area contributed by atoms with E-state index in [-0.39, 0.29) is 20.9 Å². The van der Waals surface area contributed by atoms with Crippen LogP contribution >= 0.6 is 11.8 Å². The fraction of sp³-hybridized carbons (Fsp3) is 0.300. The first-order valence-corrected chi connectivity index (χ1v) is 11.2. The molecule has 2 rings (SSSR count). The summed E-state index contributed by atoms with van der Waals surface area (Å²) in [7, 11) is 0. The topological polar surface area (TPSA) is 0 Å². The Morgan fingerprint density at radius 3 is 2.27 bits per heavy atom. The summed E-state index contributed by atoms with van der Waals surface area (Å²) >= 11 is 1.66. The molecule has 0 radical (unpaired) electrons. The Bertz CT molecular complexity index is 548. The van der Waals surface area contributed by atoms with Crippen LogP contribution in [0.25, 0.3) is 0 Å². The molecule has 0 N–H and O–H groups in total. The molecule has 0 atom stereocenters.